The number of para-hydroxylation sites is 1. The minimum Gasteiger partial charge on any atom is -0.489 e. The lowest BCUT2D eigenvalue weighted by Crippen LogP contribution is -2.19. The number of hydrogen-bond donors (Lipinski definition) is 1. The molecule has 4 rings (SSSR count). The van der Waals surface area contributed by atoms with Gasteiger partial charge in [0.1, 0.15) is 12.4 Å². The Balaban J connectivity index is 1.59. The van der Waals surface area contributed by atoms with Crippen LogP contribution in [0.3, 0.4) is 0 Å². The molecule has 0 aromatic heterocycles. The van der Waals surface area contributed by atoms with E-state index >= 15 is 0 Å². The molecule has 0 saturated carbocycles. The smallest absolute Gasteiger partial charge is 0.264 e. The number of nitrogens with zero attached hydrogens (tertiary/aromatic N) is 1. The summed E-state index contributed by atoms with van der Waals surface area (Å²) < 4.78 is 5.66. The molecule has 3 aromatic rings. The maximum Gasteiger partial charge on any atom is 0.264 e. The highest BCUT2D eigenvalue weighted by Crippen LogP contribution is 2.31. The van der Waals surface area contributed by atoms with E-state index in [1.54, 1.807) is 6.08 Å². The van der Waals surface area contributed by atoms with Crippen molar-refractivity contribution in [3.8, 4) is 5.75 Å². The van der Waals surface area contributed by atoms with Gasteiger partial charge in [0.05, 0.1) is 10.6 Å². The van der Waals surface area contributed by atoms with Gasteiger partial charge in [-0.05, 0) is 46.8 Å². The number of hydrogen-bond acceptors (Lipinski definition) is 4. The largest absolute Gasteiger partial charge is 0.489 e. The number of amides is 1. The summed E-state index contributed by atoms with van der Waals surface area (Å²) in [4.78, 5) is 17.5. The highest BCUT2D eigenvalue weighted by Gasteiger charge is 2.24. The Bertz CT molecular complexity index is 1120. The van der Waals surface area contributed by atoms with E-state index in [0.717, 1.165) is 22.0 Å². The molecule has 3 aromatic carbocycles. The lowest BCUT2D eigenvalue weighted by Gasteiger charge is -2.06. The molecule has 4 nitrogen and oxygen atoms in total. The zero-order valence-electron chi connectivity index (χ0n) is 15.1. The molecule has 0 bridgehead atoms. The molecule has 1 N–H and O–H groups in total. The lowest BCUT2D eigenvalue weighted by atomic mass is 10.1. The number of carbonyl (C=O) groups is 1. The zero-order chi connectivity index (χ0) is 19.3. The Kier molecular flexibility index (Phi) is 5.26. The Morgan fingerprint density at radius 2 is 1.82 bits per heavy atom. The fraction of sp³-hybridized carbons (Fsp3) is 0.0435. The number of rotatable bonds is 5. The topological polar surface area (TPSA) is 50.7 Å². The molecule has 1 fully saturated rings. The van der Waals surface area contributed by atoms with Gasteiger partial charge < -0.3 is 10.1 Å². The number of benzene rings is 3. The van der Waals surface area contributed by atoms with Crippen molar-refractivity contribution in [3.05, 3.63) is 89.9 Å². The van der Waals surface area contributed by atoms with E-state index < -0.39 is 0 Å². The van der Waals surface area contributed by atoms with Gasteiger partial charge in [-0.2, -0.15) is 0 Å². The molecule has 28 heavy (non-hydrogen) atoms. The molecule has 1 amide bonds. The quantitative estimate of drug-likeness (QED) is 0.478. The molecule has 1 aliphatic heterocycles. The van der Waals surface area contributed by atoms with Crippen molar-refractivity contribution >= 4 is 45.4 Å². The summed E-state index contributed by atoms with van der Waals surface area (Å²) in [7, 11) is 0. The van der Waals surface area contributed by atoms with Gasteiger partial charge in [0.2, 0.25) is 0 Å². The lowest BCUT2D eigenvalue weighted by molar-refractivity contribution is -0.115. The highest BCUT2D eigenvalue weighted by atomic mass is 32.2. The Morgan fingerprint density at radius 3 is 2.68 bits per heavy atom. The van der Waals surface area contributed by atoms with Crippen molar-refractivity contribution < 1.29 is 9.53 Å². The van der Waals surface area contributed by atoms with Crippen LogP contribution in [0.4, 0.5) is 5.69 Å². The summed E-state index contributed by atoms with van der Waals surface area (Å²) in [6, 6.07) is 21.7. The SMILES string of the molecule is C=CCOc1ccccc1/C=C1\SC(=Nc2ccc3ccccc3c2)NC1=O. The predicted octanol–water partition coefficient (Wildman–Crippen LogP) is 5.30. The van der Waals surface area contributed by atoms with Gasteiger partial charge in [0.15, 0.2) is 5.17 Å². The van der Waals surface area contributed by atoms with Gasteiger partial charge in [-0.3, -0.25) is 4.79 Å². The van der Waals surface area contributed by atoms with Crippen molar-refractivity contribution in [2.24, 2.45) is 4.99 Å². The molecular weight excluding hydrogens is 368 g/mol. The fourth-order valence-corrected chi connectivity index (χ4v) is 3.70. The standard InChI is InChI=1S/C23H18N2O2S/c1-2-13-27-20-10-6-5-9-18(20)15-21-22(26)25-23(28-21)24-19-12-11-16-7-3-4-8-17(16)14-19/h2-12,14-15H,1,13H2,(H,24,25,26)/b21-15-. The zero-order valence-corrected chi connectivity index (χ0v) is 15.9. The van der Waals surface area contributed by atoms with Crippen LogP contribution < -0.4 is 10.1 Å². The van der Waals surface area contributed by atoms with E-state index in [1.165, 1.54) is 11.8 Å². The van der Waals surface area contributed by atoms with Gasteiger partial charge in [-0.15, -0.1) is 0 Å². The Morgan fingerprint density at radius 1 is 1.04 bits per heavy atom. The third-order valence-electron chi connectivity index (χ3n) is 4.18. The van der Waals surface area contributed by atoms with E-state index in [-0.39, 0.29) is 5.91 Å². The van der Waals surface area contributed by atoms with Gasteiger partial charge in [-0.1, -0.05) is 61.2 Å². The van der Waals surface area contributed by atoms with E-state index in [9.17, 15) is 4.79 Å². The maximum atomic E-state index is 12.4. The average molecular weight is 386 g/mol. The summed E-state index contributed by atoms with van der Waals surface area (Å²) in [5.74, 6) is 0.547. The van der Waals surface area contributed by atoms with Crippen LogP contribution in [0, 0.1) is 0 Å². The van der Waals surface area contributed by atoms with Crippen LogP contribution in [0.1, 0.15) is 5.56 Å². The third-order valence-corrected chi connectivity index (χ3v) is 5.09. The molecule has 0 atom stereocenters. The maximum absolute atomic E-state index is 12.4. The fourth-order valence-electron chi connectivity index (χ4n) is 2.87. The first-order chi connectivity index (χ1) is 13.7. The second kappa shape index (κ2) is 8.15. The van der Waals surface area contributed by atoms with Crippen LogP contribution in [0.25, 0.3) is 16.8 Å². The molecule has 0 spiro atoms. The summed E-state index contributed by atoms with van der Waals surface area (Å²) in [5, 5.41) is 5.67. The molecule has 0 unspecified atom stereocenters. The van der Waals surface area contributed by atoms with Crippen molar-refractivity contribution in [3.63, 3.8) is 0 Å². The Hall–Kier alpha value is -3.31. The molecular formula is C23H18N2O2S. The molecule has 1 saturated heterocycles. The number of aliphatic imine (C=N–C) groups is 1. The second-order valence-corrected chi connectivity index (χ2v) is 7.18. The van der Waals surface area contributed by atoms with Crippen LogP contribution in [0.5, 0.6) is 5.75 Å². The minimum absolute atomic E-state index is 0.164. The van der Waals surface area contributed by atoms with Gasteiger partial charge >= 0.3 is 0 Å². The first-order valence-corrected chi connectivity index (χ1v) is 9.66. The van der Waals surface area contributed by atoms with Crippen LogP contribution >= 0.6 is 11.8 Å². The van der Waals surface area contributed by atoms with Crippen LogP contribution in [-0.2, 0) is 4.79 Å². The third kappa shape index (κ3) is 4.00. The predicted molar refractivity (Wildman–Crippen MR) is 117 cm³/mol. The molecule has 1 aliphatic rings. The van der Waals surface area contributed by atoms with Crippen molar-refractivity contribution in [2.75, 3.05) is 6.61 Å². The van der Waals surface area contributed by atoms with E-state index in [0.29, 0.717) is 22.4 Å². The van der Waals surface area contributed by atoms with Gasteiger partial charge in [0.25, 0.3) is 5.91 Å². The van der Waals surface area contributed by atoms with Crippen molar-refractivity contribution in [2.45, 2.75) is 0 Å². The normalized spacial score (nSPS) is 16.5. The summed E-state index contributed by atoms with van der Waals surface area (Å²) in [6.45, 7) is 4.08. The number of fused-ring (bicyclic) bond motifs is 1. The molecule has 1 heterocycles. The van der Waals surface area contributed by atoms with Crippen molar-refractivity contribution in [1.82, 2.24) is 5.32 Å². The number of thioether (sulfide) groups is 1. The summed E-state index contributed by atoms with van der Waals surface area (Å²) in [6.07, 6.45) is 3.51. The van der Waals surface area contributed by atoms with Crippen LogP contribution in [0.15, 0.2) is 89.3 Å². The van der Waals surface area contributed by atoms with Crippen LogP contribution in [-0.4, -0.2) is 17.7 Å². The number of amidine groups is 1. The van der Waals surface area contributed by atoms with Gasteiger partial charge in [0, 0.05) is 5.56 Å². The first-order valence-electron chi connectivity index (χ1n) is 8.84. The highest BCUT2D eigenvalue weighted by molar-refractivity contribution is 8.18. The van der Waals surface area contributed by atoms with E-state index in [1.807, 2.05) is 66.7 Å². The summed E-state index contributed by atoms with van der Waals surface area (Å²) in [5.41, 5.74) is 1.64. The van der Waals surface area contributed by atoms with E-state index in [2.05, 4.69) is 23.0 Å². The number of nitrogens with one attached hydrogen (secondary N) is 1. The Labute approximate surface area is 167 Å². The molecule has 138 valence electrons. The number of carbonyl (C=O) groups excluding carboxylic acids is 1. The molecule has 5 heteroatoms. The minimum atomic E-state index is -0.164. The van der Waals surface area contributed by atoms with Crippen LogP contribution in [0.2, 0.25) is 0 Å². The molecule has 0 radical (unpaired) electrons. The van der Waals surface area contributed by atoms with Crippen molar-refractivity contribution in [1.29, 1.82) is 0 Å². The van der Waals surface area contributed by atoms with Gasteiger partial charge in [-0.25, -0.2) is 4.99 Å². The average Bonchev–Trinajstić information content (AvgIpc) is 3.06. The van der Waals surface area contributed by atoms with E-state index in [4.69, 9.17) is 4.74 Å². The monoisotopic (exact) mass is 386 g/mol. The first kappa shape index (κ1) is 18.1. The molecule has 0 aliphatic carbocycles. The summed E-state index contributed by atoms with van der Waals surface area (Å²) >= 11 is 1.32. The second-order valence-electron chi connectivity index (χ2n) is 6.15. The number of ether oxygens (including phenoxy) is 1.